The van der Waals surface area contributed by atoms with Crippen LogP contribution in [0.2, 0.25) is 0 Å². The van der Waals surface area contributed by atoms with Gasteiger partial charge in [0.25, 0.3) is 0 Å². The number of rotatable bonds is 11. The van der Waals surface area contributed by atoms with Crippen molar-refractivity contribution in [2.45, 2.75) is 85.7 Å². The fourth-order valence-electron chi connectivity index (χ4n) is 4.48. The Morgan fingerprint density at radius 2 is 2.03 bits per heavy atom. The molecule has 0 spiro atoms. The van der Waals surface area contributed by atoms with Crippen LogP contribution in [0.5, 0.6) is 0 Å². The normalized spacial score (nSPS) is 24.5. The van der Waals surface area contributed by atoms with E-state index >= 15 is 0 Å². The smallest absolute Gasteiger partial charge is 0.331 e. The highest BCUT2D eigenvalue weighted by molar-refractivity contribution is 5.91. The molecule has 0 aromatic heterocycles. The molecule has 2 aliphatic rings. The van der Waals surface area contributed by atoms with E-state index in [-0.39, 0.29) is 35.2 Å². The third kappa shape index (κ3) is 7.32. The molecule has 0 radical (unpaired) electrons. The Bertz CT molecular complexity index is 844. The molecule has 0 saturated heterocycles. The van der Waals surface area contributed by atoms with Crippen LogP contribution in [0.15, 0.2) is 47.1 Å². The Balaban J connectivity index is 1.90. The quantitative estimate of drug-likeness (QED) is 0.298. The summed E-state index contributed by atoms with van der Waals surface area (Å²) in [5.41, 5.74) is 4.26. The number of hydrogen-bond donors (Lipinski definition) is 0. The average molecular weight is 443 g/mol. The molecular formula is C27H38O5. The van der Waals surface area contributed by atoms with Crippen molar-refractivity contribution in [3.8, 4) is 0 Å². The lowest BCUT2D eigenvalue weighted by Gasteiger charge is -2.40. The number of carbonyl (C=O) groups excluding carboxylic acids is 3. The highest BCUT2D eigenvalue weighted by Gasteiger charge is 2.37. The van der Waals surface area contributed by atoms with E-state index < -0.39 is 0 Å². The topological polar surface area (TPSA) is 69.7 Å². The van der Waals surface area contributed by atoms with E-state index in [0.717, 1.165) is 48.8 Å². The SMILES string of the molecule is C=C(CC[C@@]1(C)C(C)=CC(=O)C[C@H]1C)[C@@H](CC/C(C)=C/CCC1=CC(=O)OC1)OC(C)=O. The average Bonchev–Trinajstić information content (AvgIpc) is 3.12. The van der Waals surface area contributed by atoms with Gasteiger partial charge in [-0.1, -0.05) is 37.6 Å². The number of allylic oxidation sites excluding steroid dienone is 4. The van der Waals surface area contributed by atoms with Crippen LogP contribution in [0.3, 0.4) is 0 Å². The van der Waals surface area contributed by atoms with Crippen LogP contribution in [0.25, 0.3) is 0 Å². The Labute approximate surface area is 192 Å². The van der Waals surface area contributed by atoms with Gasteiger partial charge in [-0.05, 0) is 80.9 Å². The highest BCUT2D eigenvalue weighted by Crippen LogP contribution is 2.45. The standard InChI is InChI=1S/C27H38O5/c1-18(8-7-9-23-16-26(30)31-17-23)10-11-25(32-22(5)28)19(2)12-13-27(6)20(3)14-24(29)15-21(27)4/h8,14,16,21,25H,2,7,9-13,15,17H2,1,3-6H3/b18-8+/t21-,25-,27+/m1/s1. The summed E-state index contributed by atoms with van der Waals surface area (Å²) in [6.07, 6.45) is 10.6. The first-order chi connectivity index (χ1) is 15.0. The predicted octanol–water partition coefficient (Wildman–Crippen LogP) is 5.81. The second-order valence-corrected chi connectivity index (χ2v) is 9.61. The lowest BCUT2D eigenvalue weighted by atomic mass is 9.64. The van der Waals surface area contributed by atoms with Gasteiger partial charge < -0.3 is 9.47 Å². The minimum atomic E-state index is -0.312. The van der Waals surface area contributed by atoms with E-state index in [1.54, 1.807) is 12.2 Å². The van der Waals surface area contributed by atoms with Crippen molar-refractivity contribution >= 4 is 17.7 Å². The molecule has 1 aliphatic carbocycles. The van der Waals surface area contributed by atoms with Gasteiger partial charge in [0, 0.05) is 19.4 Å². The molecule has 0 aromatic rings. The summed E-state index contributed by atoms with van der Waals surface area (Å²) in [5.74, 6) is -0.0673. The second-order valence-electron chi connectivity index (χ2n) is 9.61. The molecule has 0 fully saturated rings. The van der Waals surface area contributed by atoms with Gasteiger partial charge in [0.05, 0.1) is 0 Å². The van der Waals surface area contributed by atoms with Crippen molar-refractivity contribution in [2.75, 3.05) is 6.61 Å². The van der Waals surface area contributed by atoms with Crippen LogP contribution in [0.4, 0.5) is 0 Å². The lowest BCUT2D eigenvalue weighted by molar-refractivity contribution is -0.145. The van der Waals surface area contributed by atoms with Gasteiger partial charge in [0.15, 0.2) is 5.78 Å². The zero-order valence-corrected chi connectivity index (χ0v) is 20.3. The van der Waals surface area contributed by atoms with Gasteiger partial charge >= 0.3 is 11.9 Å². The first-order valence-electron chi connectivity index (χ1n) is 11.6. The minimum absolute atomic E-state index is 0.0482. The molecule has 0 bridgehead atoms. The summed E-state index contributed by atoms with van der Waals surface area (Å²) in [5, 5.41) is 0. The van der Waals surface area contributed by atoms with Crippen molar-refractivity contribution in [3.05, 3.63) is 47.1 Å². The Morgan fingerprint density at radius 3 is 2.62 bits per heavy atom. The van der Waals surface area contributed by atoms with Crippen LogP contribution >= 0.6 is 0 Å². The second kappa shape index (κ2) is 11.4. The zero-order valence-electron chi connectivity index (χ0n) is 20.3. The van der Waals surface area contributed by atoms with Crippen molar-refractivity contribution in [1.29, 1.82) is 0 Å². The molecule has 1 heterocycles. The summed E-state index contributed by atoms with van der Waals surface area (Å²) in [6, 6.07) is 0. The van der Waals surface area contributed by atoms with E-state index in [9.17, 15) is 14.4 Å². The van der Waals surface area contributed by atoms with Crippen molar-refractivity contribution in [2.24, 2.45) is 11.3 Å². The fourth-order valence-corrected chi connectivity index (χ4v) is 4.48. The Hall–Kier alpha value is -2.43. The Morgan fingerprint density at radius 1 is 1.31 bits per heavy atom. The summed E-state index contributed by atoms with van der Waals surface area (Å²) in [4.78, 5) is 34.7. The third-order valence-electron chi connectivity index (χ3n) is 7.08. The number of cyclic esters (lactones) is 1. The van der Waals surface area contributed by atoms with Crippen LogP contribution in [0.1, 0.15) is 79.6 Å². The maximum absolute atomic E-state index is 11.9. The van der Waals surface area contributed by atoms with Crippen molar-refractivity contribution in [3.63, 3.8) is 0 Å². The minimum Gasteiger partial charge on any atom is -0.458 e. The largest absolute Gasteiger partial charge is 0.458 e. The maximum atomic E-state index is 11.9. The van der Waals surface area contributed by atoms with Gasteiger partial charge in [0.2, 0.25) is 0 Å². The van der Waals surface area contributed by atoms with E-state index in [1.807, 2.05) is 6.92 Å². The van der Waals surface area contributed by atoms with Crippen molar-refractivity contribution in [1.82, 2.24) is 0 Å². The van der Waals surface area contributed by atoms with E-state index in [0.29, 0.717) is 19.4 Å². The number of carbonyl (C=O) groups is 3. The first kappa shape index (κ1) is 25.8. The van der Waals surface area contributed by atoms with Crippen LogP contribution < -0.4 is 0 Å². The van der Waals surface area contributed by atoms with Gasteiger partial charge in [-0.25, -0.2) is 4.79 Å². The Kier molecular flexibility index (Phi) is 9.23. The van der Waals surface area contributed by atoms with Crippen LogP contribution in [-0.2, 0) is 23.9 Å². The van der Waals surface area contributed by atoms with Crippen LogP contribution in [-0.4, -0.2) is 30.4 Å². The molecule has 5 heteroatoms. The molecule has 0 N–H and O–H groups in total. The third-order valence-corrected chi connectivity index (χ3v) is 7.08. The molecule has 0 amide bonds. The molecule has 0 unspecified atom stereocenters. The van der Waals surface area contributed by atoms with Gasteiger partial charge in [-0.3, -0.25) is 9.59 Å². The predicted molar refractivity (Wildman–Crippen MR) is 126 cm³/mol. The summed E-state index contributed by atoms with van der Waals surface area (Å²) in [7, 11) is 0. The van der Waals surface area contributed by atoms with Gasteiger partial charge in [0.1, 0.15) is 12.7 Å². The van der Waals surface area contributed by atoms with E-state index in [1.165, 1.54) is 12.5 Å². The number of ketones is 1. The number of ether oxygens (including phenoxy) is 2. The van der Waals surface area contributed by atoms with E-state index in [4.69, 9.17) is 9.47 Å². The van der Waals surface area contributed by atoms with Crippen molar-refractivity contribution < 1.29 is 23.9 Å². The molecule has 5 nitrogen and oxygen atoms in total. The number of hydrogen-bond acceptors (Lipinski definition) is 5. The summed E-state index contributed by atoms with van der Waals surface area (Å²) >= 11 is 0. The maximum Gasteiger partial charge on any atom is 0.331 e. The molecule has 32 heavy (non-hydrogen) atoms. The lowest BCUT2D eigenvalue weighted by Crippen LogP contribution is -2.33. The molecule has 0 saturated carbocycles. The molecule has 176 valence electrons. The summed E-state index contributed by atoms with van der Waals surface area (Å²) in [6.45, 7) is 14.6. The molecule has 1 aliphatic heterocycles. The van der Waals surface area contributed by atoms with Crippen LogP contribution in [0, 0.1) is 11.3 Å². The number of esters is 2. The highest BCUT2D eigenvalue weighted by atomic mass is 16.5. The molecule has 0 aromatic carbocycles. The van der Waals surface area contributed by atoms with Gasteiger partial charge in [-0.2, -0.15) is 0 Å². The molecular weight excluding hydrogens is 404 g/mol. The molecule has 2 rings (SSSR count). The zero-order chi connectivity index (χ0) is 23.9. The molecule has 3 atom stereocenters. The van der Waals surface area contributed by atoms with E-state index in [2.05, 4.69) is 33.4 Å². The monoisotopic (exact) mass is 442 g/mol. The van der Waals surface area contributed by atoms with Gasteiger partial charge in [-0.15, -0.1) is 0 Å². The summed E-state index contributed by atoms with van der Waals surface area (Å²) < 4.78 is 10.5. The first-order valence-corrected chi connectivity index (χ1v) is 11.6. The fraction of sp³-hybridized carbons (Fsp3) is 0.593.